The summed E-state index contributed by atoms with van der Waals surface area (Å²) in [7, 11) is 0. The highest BCUT2D eigenvalue weighted by molar-refractivity contribution is 5.58. The topological polar surface area (TPSA) is 39.9 Å². The first-order chi connectivity index (χ1) is 6.81. The zero-order chi connectivity index (χ0) is 9.97. The van der Waals surface area contributed by atoms with E-state index >= 15 is 0 Å². The molecule has 0 N–H and O–H groups in total. The van der Waals surface area contributed by atoms with Crippen molar-refractivity contribution in [1.29, 1.82) is 5.26 Å². The van der Waals surface area contributed by atoms with Crippen LogP contribution in [0, 0.1) is 17.2 Å². The molecule has 0 saturated carbocycles. The molecule has 2 heterocycles. The van der Waals surface area contributed by atoms with Gasteiger partial charge in [-0.25, -0.2) is 0 Å². The second-order valence-corrected chi connectivity index (χ2v) is 3.84. The Morgan fingerprint density at radius 3 is 3.14 bits per heavy atom. The Kier molecular flexibility index (Phi) is 2.36. The summed E-state index contributed by atoms with van der Waals surface area (Å²) in [5, 5.41) is 8.94. The molecule has 1 aliphatic rings. The van der Waals surface area contributed by atoms with Crippen LogP contribution in [0.4, 0.5) is 5.69 Å². The molecular formula is C11H13N3. The van der Waals surface area contributed by atoms with Gasteiger partial charge in [0.15, 0.2) is 0 Å². The van der Waals surface area contributed by atoms with Crippen LogP contribution in [0.5, 0.6) is 0 Å². The summed E-state index contributed by atoms with van der Waals surface area (Å²) in [5.74, 6) is 0.724. The Labute approximate surface area is 84.0 Å². The third-order valence-corrected chi connectivity index (χ3v) is 2.69. The Bertz CT molecular complexity index is 367. The number of aromatic nitrogens is 1. The predicted octanol–water partition coefficient (Wildman–Crippen LogP) is 1.80. The number of hydrogen-bond donors (Lipinski definition) is 0. The molecule has 1 aromatic rings. The van der Waals surface area contributed by atoms with E-state index in [1.807, 2.05) is 0 Å². The maximum absolute atomic E-state index is 8.94. The van der Waals surface area contributed by atoms with E-state index in [2.05, 4.69) is 22.9 Å². The van der Waals surface area contributed by atoms with Crippen LogP contribution >= 0.6 is 0 Å². The second kappa shape index (κ2) is 3.67. The van der Waals surface area contributed by atoms with Crippen LogP contribution in [0.25, 0.3) is 0 Å². The molecule has 0 aliphatic carbocycles. The molecule has 1 aromatic heterocycles. The molecule has 0 spiro atoms. The van der Waals surface area contributed by atoms with E-state index in [4.69, 9.17) is 5.26 Å². The smallest absolute Gasteiger partial charge is 0.101 e. The molecule has 1 aliphatic heterocycles. The van der Waals surface area contributed by atoms with Gasteiger partial charge in [-0.15, -0.1) is 0 Å². The lowest BCUT2D eigenvalue weighted by Gasteiger charge is -2.18. The highest BCUT2D eigenvalue weighted by Gasteiger charge is 2.20. The number of rotatable bonds is 1. The molecule has 3 nitrogen and oxygen atoms in total. The maximum atomic E-state index is 8.94. The lowest BCUT2D eigenvalue weighted by molar-refractivity contribution is 0.659. The Morgan fingerprint density at radius 1 is 1.64 bits per heavy atom. The van der Waals surface area contributed by atoms with Crippen LogP contribution in [0.2, 0.25) is 0 Å². The summed E-state index contributed by atoms with van der Waals surface area (Å²) in [6, 6.07) is 3.98. The van der Waals surface area contributed by atoms with Gasteiger partial charge in [-0.05, 0) is 18.4 Å². The summed E-state index contributed by atoms with van der Waals surface area (Å²) < 4.78 is 0. The molecule has 72 valence electrons. The average molecular weight is 187 g/mol. The molecule has 0 bridgehead atoms. The number of nitrogens with zero attached hydrogens (tertiary/aromatic N) is 3. The van der Waals surface area contributed by atoms with Crippen molar-refractivity contribution in [1.82, 2.24) is 4.98 Å². The van der Waals surface area contributed by atoms with Crippen molar-refractivity contribution in [3.8, 4) is 6.07 Å². The summed E-state index contributed by atoms with van der Waals surface area (Å²) in [6.07, 6.45) is 4.66. The fourth-order valence-electron chi connectivity index (χ4n) is 1.89. The van der Waals surface area contributed by atoms with Crippen LogP contribution in [0.15, 0.2) is 18.5 Å². The van der Waals surface area contributed by atoms with Gasteiger partial charge >= 0.3 is 0 Å². The number of hydrogen-bond acceptors (Lipinski definition) is 3. The molecule has 1 atom stereocenters. The zero-order valence-electron chi connectivity index (χ0n) is 8.27. The standard InChI is InChI=1S/C11H13N3/c1-9-3-5-14(8-9)11-7-13-4-2-10(11)6-12/h2,4,7,9H,3,5,8H2,1H3/t9-/m1/s1. The van der Waals surface area contributed by atoms with Gasteiger partial charge in [0.05, 0.1) is 17.4 Å². The Hall–Kier alpha value is -1.56. The predicted molar refractivity (Wildman–Crippen MR) is 54.9 cm³/mol. The molecule has 3 heteroatoms. The molecule has 0 aromatic carbocycles. The highest BCUT2D eigenvalue weighted by atomic mass is 15.2. The van der Waals surface area contributed by atoms with Crippen molar-refractivity contribution >= 4 is 5.69 Å². The fraction of sp³-hybridized carbons (Fsp3) is 0.455. The monoisotopic (exact) mass is 187 g/mol. The summed E-state index contributed by atoms with van der Waals surface area (Å²) >= 11 is 0. The maximum Gasteiger partial charge on any atom is 0.101 e. The number of anilines is 1. The quantitative estimate of drug-likeness (QED) is 0.673. The van der Waals surface area contributed by atoms with E-state index in [0.29, 0.717) is 0 Å². The summed E-state index contributed by atoms with van der Waals surface area (Å²) in [5.41, 5.74) is 1.72. The van der Waals surface area contributed by atoms with Gasteiger partial charge in [0.25, 0.3) is 0 Å². The van der Waals surface area contributed by atoms with Crippen molar-refractivity contribution in [2.75, 3.05) is 18.0 Å². The van der Waals surface area contributed by atoms with Crippen LogP contribution < -0.4 is 4.90 Å². The van der Waals surface area contributed by atoms with Crippen molar-refractivity contribution < 1.29 is 0 Å². The minimum atomic E-state index is 0.724. The van der Waals surface area contributed by atoms with Crippen LogP contribution in [0.3, 0.4) is 0 Å². The van der Waals surface area contributed by atoms with Crippen LogP contribution in [-0.2, 0) is 0 Å². The third kappa shape index (κ3) is 1.56. The third-order valence-electron chi connectivity index (χ3n) is 2.69. The van der Waals surface area contributed by atoms with Crippen molar-refractivity contribution in [2.45, 2.75) is 13.3 Å². The van der Waals surface area contributed by atoms with E-state index in [1.165, 1.54) is 6.42 Å². The van der Waals surface area contributed by atoms with E-state index < -0.39 is 0 Å². The molecule has 0 amide bonds. The first-order valence-corrected chi connectivity index (χ1v) is 4.90. The molecule has 14 heavy (non-hydrogen) atoms. The number of pyridine rings is 1. The second-order valence-electron chi connectivity index (χ2n) is 3.84. The van der Waals surface area contributed by atoms with Crippen molar-refractivity contribution in [3.63, 3.8) is 0 Å². The molecule has 0 radical (unpaired) electrons. The van der Waals surface area contributed by atoms with Gasteiger partial charge in [0, 0.05) is 19.3 Å². The lowest BCUT2D eigenvalue weighted by atomic mass is 10.2. The van der Waals surface area contributed by atoms with Gasteiger partial charge in [-0.2, -0.15) is 5.26 Å². The minimum absolute atomic E-state index is 0.724. The lowest BCUT2D eigenvalue weighted by Crippen LogP contribution is -2.20. The number of nitriles is 1. The Morgan fingerprint density at radius 2 is 2.50 bits per heavy atom. The zero-order valence-corrected chi connectivity index (χ0v) is 8.27. The SMILES string of the molecule is C[C@@H]1CCN(c2cnccc2C#N)C1. The molecule has 0 unspecified atom stereocenters. The molecular weight excluding hydrogens is 174 g/mol. The van der Waals surface area contributed by atoms with Gasteiger partial charge < -0.3 is 4.90 Å². The normalized spacial score (nSPS) is 20.9. The van der Waals surface area contributed by atoms with Gasteiger partial charge in [0.1, 0.15) is 6.07 Å². The van der Waals surface area contributed by atoms with Crippen molar-refractivity contribution in [3.05, 3.63) is 24.0 Å². The van der Waals surface area contributed by atoms with Gasteiger partial charge in [-0.1, -0.05) is 6.92 Å². The summed E-state index contributed by atoms with van der Waals surface area (Å²) in [6.45, 7) is 4.32. The molecule has 1 saturated heterocycles. The van der Waals surface area contributed by atoms with E-state index in [-0.39, 0.29) is 0 Å². The van der Waals surface area contributed by atoms with Gasteiger partial charge in [0.2, 0.25) is 0 Å². The average Bonchev–Trinajstić information content (AvgIpc) is 2.65. The minimum Gasteiger partial charge on any atom is -0.369 e. The highest BCUT2D eigenvalue weighted by Crippen LogP contribution is 2.25. The van der Waals surface area contributed by atoms with E-state index in [0.717, 1.165) is 30.3 Å². The first kappa shape index (κ1) is 9.01. The molecule has 2 rings (SSSR count). The van der Waals surface area contributed by atoms with Crippen LogP contribution in [0.1, 0.15) is 18.9 Å². The molecule has 1 fully saturated rings. The van der Waals surface area contributed by atoms with Crippen LogP contribution in [-0.4, -0.2) is 18.1 Å². The van der Waals surface area contributed by atoms with Gasteiger partial charge in [-0.3, -0.25) is 4.98 Å². The van der Waals surface area contributed by atoms with E-state index in [1.54, 1.807) is 18.5 Å². The summed E-state index contributed by atoms with van der Waals surface area (Å²) in [4.78, 5) is 6.32. The first-order valence-electron chi connectivity index (χ1n) is 4.90. The fourth-order valence-corrected chi connectivity index (χ4v) is 1.89. The largest absolute Gasteiger partial charge is 0.369 e. The van der Waals surface area contributed by atoms with E-state index in [9.17, 15) is 0 Å². The Balaban J connectivity index is 2.28. The van der Waals surface area contributed by atoms with Crippen molar-refractivity contribution in [2.24, 2.45) is 5.92 Å².